The first-order valence-electron chi connectivity index (χ1n) is 10.5. The van der Waals surface area contributed by atoms with Gasteiger partial charge in [-0.15, -0.1) is 0 Å². The number of fused-ring (bicyclic) bond motifs is 1. The Labute approximate surface area is 158 Å². The molecule has 7 rings (SSSR count). The average Bonchev–Trinajstić information content (AvgIpc) is 3.24. The van der Waals surface area contributed by atoms with Gasteiger partial charge in [0.2, 0.25) is 5.79 Å². The molecule has 3 fully saturated rings. The molecule has 1 N–H and O–H groups in total. The first-order chi connectivity index (χ1) is 13.2. The van der Waals surface area contributed by atoms with Crippen molar-refractivity contribution >= 4 is 0 Å². The zero-order chi connectivity index (χ0) is 17.8. The Kier molecular flexibility index (Phi) is 2.78. The van der Waals surface area contributed by atoms with Gasteiger partial charge < -0.3 is 19.3 Å². The van der Waals surface area contributed by atoms with Crippen molar-refractivity contribution in [3.8, 4) is 11.5 Å². The molecule has 142 valence electrons. The summed E-state index contributed by atoms with van der Waals surface area (Å²) in [4.78, 5) is 2.72. The Morgan fingerprint density at radius 3 is 2.85 bits per heavy atom. The molecule has 5 heteroatoms. The predicted molar refractivity (Wildman–Crippen MR) is 97.9 cm³/mol. The summed E-state index contributed by atoms with van der Waals surface area (Å²) in [5, 5.41) is 10.6. The van der Waals surface area contributed by atoms with Crippen molar-refractivity contribution in [2.75, 3.05) is 26.3 Å². The lowest BCUT2D eigenvalue weighted by Crippen LogP contribution is -2.66. The van der Waals surface area contributed by atoms with Crippen molar-refractivity contribution in [1.29, 1.82) is 0 Å². The lowest BCUT2D eigenvalue weighted by atomic mass is 9.55. The fourth-order valence-corrected chi connectivity index (χ4v) is 6.59. The summed E-state index contributed by atoms with van der Waals surface area (Å²) in [6.45, 7) is 3.54. The van der Waals surface area contributed by atoms with Crippen LogP contribution in [0.2, 0.25) is 0 Å². The molecule has 1 unspecified atom stereocenters. The number of hydrogen-bond donors (Lipinski definition) is 1. The Balaban J connectivity index is 1.44. The van der Waals surface area contributed by atoms with Gasteiger partial charge in [0, 0.05) is 31.1 Å². The fourth-order valence-electron chi connectivity index (χ4n) is 6.59. The van der Waals surface area contributed by atoms with Crippen molar-refractivity contribution in [3.63, 3.8) is 0 Å². The van der Waals surface area contributed by atoms with Gasteiger partial charge in [-0.25, -0.2) is 0 Å². The smallest absolute Gasteiger partial charge is 0.210 e. The highest BCUT2D eigenvalue weighted by Crippen LogP contribution is 2.65. The molecule has 3 heterocycles. The summed E-state index contributed by atoms with van der Waals surface area (Å²) in [5.41, 5.74) is 3.86. The second-order valence-corrected chi connectivity index (χ2v) is 9.20. The Hall–Kier alpha value is -1.56. The molecule has 1 saturated carbocycles. The number of benzene rings is 1. The van der Waals surface area contributed by atoms with Crippen LogP contribution in [-0.2, 0) is 21.3 Å². The normalized spacial score (nSPS) is 37.9. The van der Waals surface area contributed by atoms with E-state index in [1.54, 1.807) is 6.07 Å². The maximum Gasteiger partial charge on any atom is 0.210 e. The number of piperidine rings is 1. The maximum atomic E-state index is 10.6. The van der Waals surface area contributed by atoms with E-state index in [2.05, 4.69) is 17.0 Å². The Morgan fingerprint density at radius 2 is 2.04 bits per heavy atom. The van der Waals surface area contributed by atoms with E-state index in [4.69, 9.17) is 14.2 Å². The number of phenolic OH excluding ortho intramolecular Hbond substituents is 1. The Bertz CT molecular complexity index is 869. The fraction of sp³-hybridized carbons (Fsp3) is 0.636. The number of aromatic hydroxyl groups is 1. The molecular formula is C22H25NO4. The standard InChI is InChI=1S/C22H25NO4/c24-17-4-3-14-11-16-15-5-6-22(25-9-10-26-22)20-21(15,18(14)19(17)27-20)7-8-23(16)12-13-1-2-13/h3-5,13,16,20,24H,1-2,6-12H2/t16-,20?,21+/m1/s1. The van der Waals surface area contributed by atoms with Crippen LogP contribution < -0.4 is 4.74 Å². The van der Waals surface area contributed by atoms with E-state index in [0.29, 0.717) is 25.0 Å². The molecular weight excluding hydrogens is 342 g/mol. The molecule has 3 atom stereocenters. The SMILES string of the molecule is Oc1ccc2c3c1OC1C4(CC=C5[C@@H](C2)N(CC2CC2)CC[C@]531)OCCO4. The van der Waals surface area contributed by atoms with Crippen LogP contribution in [0.3, 0.4) is 0 Å². The molecule has 0 amide bonds. The average molecular weight is 367 g/mol. The molecule has 27 heavy (non-hydrogen) atoms. The highest BCUT2D eigenvalue weighted by Gasteiger charge is 2.69. The van der Waals surface area contributed by atoms with Crippen LogP contribution in [0.1, 0.15) is 36.8 Å². The zero-order valence-corrected chi connectivity index (χ0v) is 15.4. The van der Waals surface area contributed by atoms with Crippen LogP contribution in [0.5, 0.6) is 11.5 Å². The zero-order valence-electron chi connectivity index (χ0n) is 15.4. The largest absolute Gasteiger partial charge is 0.504 e. The van der Waals surface area contributed by atoms with Crippen molar-refractivity contribution < 1.29 is 19.3 Å². The van der Waals surface area contributed by atoms with Gasteiger partial charge in [0.05, 0.1) is 18.6 Å². The minimum absolute atomic E-state index is 0.194. The van der Waals surface area contributed by atoms with Gasteiger partial charge >= 0.3 is 0 Å². The molecule has 2 bridgehead atoms. The van der Waals surface area contributed by atoms with Gasteiger partial charge in [-0.3, -0.25) is 4.90 Å². The van der Waals surface area contributed by atoms with E-state index in [0.717, 1.165) is 31.7 Å². The van der Waals surface area contributed by atoms with E-state index < -0.39 is 5.79 Å². The van der Waals surface area contributed by atoms with Crippen LogP contribution in [-0.4, -0.2) is 54.2 Å². The topological polar surface area (TPSA) is 51.2 Å². The molecule has 2 spiro atoms. The van der Waals surface area contributed by atoms with E-state index in [1.807, 2.05) is 0 Å². The van der Waals surface area contributed by atoms with E-state index >= 15 is 0 Å². The second-order valence-electron chi connectivity index (χ2n) is 9.20. The molecule has 5 nitrogen and oxygen atoms in total. The third-order valence-corrected chi connectivity index (χ3v) is 7.85. The summed E-state index contributed by atoms with van der Waals surface area (Å²) >= 11 is 0. The first kappa shape index (κ1) is 15.4. The summed E-state index contributed by atoms with van der Waals surface area (Å²) in [7, 11) is 0. The second kappa shape index (κ2) is 4.88. The molecule has 1 aromatic rings. The van der Waals surface area contributed by atoms with Crippen molar-refractivity contribution in [3.05, 3.63) is 34.9 Å². The summed E-state index contributed by atoms with van der Waals surface area (Å²) in [6, 6.07) is 4.37. The molecule has 2 saturated heterocycles. The number of ether oxygens (including phenoxy) is 3. The minimum Gasteiger partial charge on any atom is -0.504 e. The van der Waals surface area contributed by atoms with Crippen LogP contribution in [0.15, 0.2) is 23.8 Å². The molecule has 0 radical (unpaired) electrons. The summed E-state index contributed by atoms with van der Waals surface area (Å²) < 4.78 is 18.9. The number of nitrogens with zero attached hydrogens (tertiary/aromatic N) is 1. The lowest BCUT2D eigenvalue weighted by molar-refractivity contribution is -0.226. The van der Waals surface area contributed by atoms with E-state index in [9.17, 15) is 5.11 Å². The van der Waals surface area contributed by atoms with Crippen LogP contribution >= 0.6 is 0 Å². The molecule has 0 aromatic heterocycles. The summed E-state index contributed by atoms with van der Waals surface area (Å²) in [5.74, 6) is 1.12. The van der Waals surface area contributed by atoms with Crippen LogP contribution in [0.25, 0.3) is 0 Å². The van der Waals surface area contributed by atoms with Crippen molar-refractivity contribution in [2.45, 2.75) is 55.5 Å². The number of likely N-dealkylation sites (tertiary alicyclic amines) is 1. The molecule has 3 aliphatic heterocycles. The van der Waals surface area contributed by atoms with Gasteiger partial charge in [0.15, 0.2) is 17.6 Å². The number of phenols is 1. The third kappa shape index (κ3) is 1.77. The molecule has 3 aliphatic carbocycles. The predicted octanol–water partition coefficient (Wildman–Crippen LogP) is 2.50. The number of hydrogen-bond acceptors (Lipinski definition) is 5. The van der Waals surface area contributed by atoms with E-state index in [-0.39, 0.29) is 17.3 Å². The van der Waals surface area contributed by atoms with Gasteiger partial charge in [-0.2, -0.15) is 0 Å². The van der Waals surface area contributed by atoms with E-state index in [1.165, 1.54) is 36.1 Å². The summed E-state index contributed by atoms with van der Waals surface area (Å²) in [6.07, 6.45) is 7.76. The van der Waals surface area contributed by atoms with Gasteiger partial charge in [0.25, 0.3) is 0 Å². The quantitative estimate of drug-likeness (QED) is 0.814. The minimum atomic E-state index is -0.702. The van der Waals surface area contributed by atoms with Crippen LogP contribution in [0, 0.1) is 5.92 Å². The van der Waals surface area contributed by atoms with Crippen molar-refractivity contribution in [1.82, 2.24) is 4.90 Å². The molecule has 6 aliphatic rings. The van der Waals surface area contributed by atoms with Crippen molar-refractivity contribution in [2.24, 2.45) is 5.92 Å². The number of rotatable bonds is 2. The lowest BCUT2D eigenvalue weighted by Gasteiger charge is -2.57. The Morgan fingerprint density at radius 1 is 1.19 bits per heavy atom. The third-order valence-electron chi connectivity index (χ3n) is 7.85. The van der Waals surface area contributed by atoms with Gasteiger partial charge in [-0.05, 0) is 48.8 Å². The first-order valence-corrected chi connectivity index (χ1v) is 10.5. The monoisotopic (exact) mass is 367 g/mol. The van der Waals surface area contributed by atoms with Gasteiger partial charge in [-0.1, -0.05) is 12.1 Å². The maximum absolute atomic E-state index is 10.6. The molecule has 1 aromatic carbocycles. The van der Waals surface area contributed by atoms with Gasteiger partial charge in [0.1, 0.15) is 0 Å². The van der Waals surface area contributed by atoms with Crippen LogP contribution in [0.4, 0.5) is 0 Å². The highest BCUT2D eigenvalue weighted by molar-refractivity contribution is 5.66. The highest BCUT2D eigenvalue weighted by atomic mass is 16.8.